The first-order valence-electron chi connectivity index (χ1n) is 23.3. The molecule has 0 spiro atoms. The lowest BCUT2D eigenvalue weighted by Crippen LogP contribution is -2.41. The number of nitrogens with one attached hydrogen (secondary N) is 1. The average Bonchev–Trinajstić information content (AvgIpc) is 4.16. The lowest BCUT2D eigenvalue weighted by molar-refractivity contribution is -0.139. The maximum absolute atomic E-state index is 12.9. The van der Waals surface area contributed by atoms with Crippen molar-refractivity contribution in [1.29, 1.82) is 0 Å². The van der Waals surface area contributed by atoms with Gasteiger partial charge in [-0.25, -0.2) is 14.5 Å². The summed E-state index contributed by atoms with van der Waals surface area (Å²) in [5, 5.41) is 21.2. The Labute approximate surface area is 412 Å². The molecular formula is C53H57N9O9. The van der Waals surface area contributed by atoms with Gasteiger partial charge in [0.25, 0.3) is 11.8 Å². The van der Waals surface area contributed by atoms with Crippen LogP contribution in [0, 0.1) is 13.1 Å². The minimum absolute atomic E-state index is 0.0224. The molecule has 2 amide bonds. The molecule has 8 rings (SSSR count). The van der Waals surface area contributed by atoms with E-state index >= 15 is 0 Å². The SMILES string of the molecule is [C-]#[N+]c1cc(-c2nc(-c3cccc4c3CC[C@H]4N(CC(=O)O)C(=O)OC(C)(C)C)no2)ccc1OC(C)C.[C-]#[N+]c1cc(-c2nc(-c3cccc4c3CC[C@H]4NCC(=O)N(C)C)no2)ccc1OC(C)C. The standard InChI is InChI=1S/C28H30N4O6.C25H27N5O3/c1-16(2)36-23-13-10-17(14-21(23)29-6)26-30-25(31-38-26)20-9-7-8-19-18(20)11-12-22(19)32(15-24(33)34)27(35)37-28(3,4)5;1-15(2)32-22-12-9-16(13-21(22)26-3)25-28-24(29-33-25)19-8-6-7-18-17(19)10-11-20(18)27-14-23(31)30(4)5/h7-10,13-14,16,22H,11-12,15H2,1-5H3,(H,33,34);6-9,12-13,15,20,27H,10-11,14H2,1-2,4-5H3/t22-;20-/m11/s1. The molecule has 0 unspecified atom stereocenters. The number of hydrogen-bond acceptors (Lipinski definition) is 13. The number of benzene rings is 4. The molecule has 0 bridgehead atoms. The molecule has 2 aliphatic carbocycles. The highest BCUT2D eigenvalue weighted by molar-refractivity contribution is 5.79. The molecule has 2 heterocycles. The largest absolute Gasteiger partial charge is 0.502 e. The summed E-state index contributed by atoms with van der Waals surface area (Å²) in [5.74, 6) is 1.45. The van der Waals surface area contributed by atoms with Crippen LogP contribution in [-0.2, 0) is 27.2 Å². The minimum Gasteiger partial charge on any atom is -0.502 e. The van der Waals surface area contributed by atoms with E-state index in [9.17, 15) is 19.5 Å². The van der Waals surface area contributed by atoms with Gasteiger partial charge in [-0.15, -0.1) is 0 Å². The van der Waals surface area contributed by atoms with Crippen molar-refractivity contribution in [2.75, 3.05) is 27.2 Å². The summed E-state index contributed by atoms with van der Waals surface area (Å²) < 4.78 is 28.0. The molecule has 368 valence electrons. The molecule has 0 aliphatic heterocycles. The van der Waals surface area contributed by atoms with Crippen LogP contribution in [0.25, 0.3) is 55.4 Å². The highest BCUT2D eigenvalue weighted by atomic mass is 16.6. The quantitative estimate of drug-likeness (QED) is 0.0975. The van der Waals surface area contributed by atoms with Crippen molar-refractivity contribution in [3.63, 3.8) is 0 Å². The fraction of sp³-hybridized carbons (Fsp3) is 0.377. The Morgan fingerprint density at radius 2 is 1.28 bits per heavy atom. The van der Waals surface area contributed by atoms with Gasteiger partial charge in [0.15, 0.2) is 0 Å². The van der Waals surface area contributed by atoms with E-state index in [4.69, 9.17) is 36.4 Å². The van der Waals surface area contributed by atoms with Gasteiger partial charge in [-0.2, -0.15) is 9.97 Å². The number of nitrogens with zero attached hydrogens (tertiary/aromatic N) is 8. The van der Waals surface area contributed by atoms with Crippen LogP contribution in [-0.4, -0.2) is 98.2 Å². The first-order valence-corrected chi connectivity index (χ1v) is 23.3. The molecule has 6 aromatic rings. The summed E-state index contributed by atoms with van der Waals surface area (Å²) in [6, 6.07) is 21.7. The number of carbonyl (C=O) groups is 3. The molecular weight excluding hydrogens is 907 g/mol. The molecule has 2 atom stereocenters. The topological polar surface area (TPSA) is 204 Å². The molecule has 71 heavy (non-hydrogen) atoms. The van der Waals surface area contributed by atoms with E-state index in [1.807, 2.05) is 64.1 Å². The molecule has 0 saturated heterocycles. The van der Waals surface area contributed by atoms with Crippen molar-refractivity contribution in [3.05, 3.63) is 118 Å². The van der Waals surface area contributed by atoms with Crippen molar-refractivity contribution in [3.8, 4) is 57.2 Å². The van der Waals surface area contributed by atoms with Gasteiger partial charge in [-0.3, -0.25) is 14.5 Å². The van der Waals surface area contributed by atoms with Crippen molar-refractivity contribution in [1.82, 2.24) is 35.4 Å². The number of aliphatic carboxylic acids is 1. The minimum atomic E-state index is -1.12. The number of hydrogen-bond donors (Lipinski definition) is 2. The molecule has 4 aromatic carbocycles. The van der Waals surface area contributed by atoms with Gasteiger partial charge in [0.1, 0.15) is 23.6 Å². The molecule has 0 fully saturated rings. The number of aromatic nitrogens is 4. The van der Waals surface area contributed by atoms with E-state index in [-0.39, 0.29) is 30.0 Å². The molecule has 0 radical (unpaired) electrons. The molecule has 2 aromatic heterocycles. The summed E-state index contributed by atoms with van der Waals surface area (Å²) >= 11 is 0. The van der Waals surface area contributed by atoms with Gasteiger partial charge in [0.2, 0.25) is 28.9 Å². The number of carbonyl (C=O) groups excluding carboxylic acids is 2. The van der Waals surface area contributed by atoms with Crippen molar-refractivity contribution < 1.29 is 42.7 Å². The van der Waals surface area contributed by atoms with Crippen LogP contribution in [0.3, 0.4) is 0 Å². The van der Waals surface area contributed by atoms with Crippen LogP contribution in [0.15, 0.2) is 81.8 Å². The van der Waals surface area contributed by atoms with Gasteiger partial charge in [-0.1, -0.05) is 46.7 Å². The summed E-state index contributed by atoms with van der Waals surface area (Å²) in [6.07, 6.45) is 2.14. The van der Waals surface area contributed by atoms with E-state index in [0.717, 1.165) is 40.7 Å². The van der Waals surface area contributed by atoms with Crippen molar-refractivity contribution in [2.45, 2.75) is 104 Å². The van der Waals surface area contributed by atoms with Crippen LogP contribution in [0.5, 0.6) is 11.5 Å². The van der Waals surface area contributed by atoms with E-state index in [1.165, 1.54) is 10.5 Å². The monoisotopic (exact) mass is 963 g/mol. The third-order valence-electron chi connectivity index (χ3n) is 11.5. The van der Waals surface area contributed by atoms with Gasteiger partial charge >= 0.3 is 12.1 Å². The summed E-state index contributed by atoms with van der Waals surface area (Å²) in [5.41, 5.74) is 7.00. The molecule has 2 N–H and O–H groups in total. The molecule has 2 aliphatic rings. The van der Waals surface area contributed by atoms with Gasteiger partial charge in [0.05, 0.1) is 37.9 Å². The maximum Gasteiger partial charge on any atom is 0.411 e. The highest BCUT2D eigenvalue weighted by Gasteiger charge is 2.36. The Kier molecular flexibility index (Phi) is 15.5. The van der Waals surface area contributed by atoms with Crippen LogP contribution in [0.4, 0.5) is 16.2 Å². The normalized spacial score (nSPS) is 14.7. The predicted molar refractivity (Wildman–Crippen MR) is 264 cm³/mol. The van der Waals surface area contributed by atoms with E-state index < -0.39 is 30.3 Å². The second kappa shape index (κ2) is 21.7. The summed E-state index contributed by atoms with van der Waals surface area (Å²) in [7, 11) is 3.51. The van der Waals surface area contributed by atoms with Crippen LogP contribution in [0.2, 0.25) is 0 Å². The highest BCUT2D eigenvalue weighted by Crippen LogP contribution is 2.42. The van der Waals surface area contributed by atoms with Crippen LogP contribution >= 0.6 is 0 Å². The Hall–Kier alpha value is -8.09. The van der Waals surface area contributed by atoms with Gasteiger partial charge < -0.3 is 38.6 Å². The van der Waals surface area contributed by atoms with Crippen LogP contribution < -0.4 is 14.8 Å². The number of carboxylic acid groups (broad SMARTS) is 1. The Balaban J connectivity index is 0.000000211. The van der Waals surface area contributed by atoms with Crippen LogP contribution in [0.1, 0.15) is 95.6 Å². The molecule has 0 saturated carbocycles. The predicted octanol–water partition coefficient (Wildman–Crippen LogP) is 10.5. The summed E-state index contributed by atoms with van der Waals surface area (Å²) in [6.45, 7) is 27.6. The van der Waals surface area contributed by atoms with E-state index in [0.29, 0.717) is 70.9 Å². The maximum atomic E-state index is 12.9. The average molecular weight is 964 g/mol. The van der Waals surface area contributed by atoms with Crippen molar-refractivity contribution >= 4 is 29.3 Å². The second-order valence-corrected chi connectivity index (χ2v) is 18.8. The number of amides is 2. The van der Waals surface area contributed by atoms with Crippen molar-refractivity contribution in [2.24, 2.45) is 0 Å². The molecule has 18 nitrogen and oxygen atoms in total. The zero-order valence-electron chi connectivity index (χ0n) is 41.3. The zero-order chi connectivity index (χ0) is 51.1. The Morgan fingerprint density at radius 3 is 1.76 bits per heavy atom. The number of rotatable bonds is 14. The van der Waals surface area contributed by atoms with Gasteiger partial charge in [-0.05, 0) is 133 Å². The fourth-order valence-corrected chi connectivity index (χ4v) is 8.46. The van der Waals surface area contributed by atoms with E-state index in [2.05, 4.69) is 41.4 Å². The fourth-order valence-electron chi connectivity index (χ4n) is 8.46. The van der Waals surface area contributed by atoms with Gasteiger partial charge in [0, 0.05) is 42.4 Å². The Morgan fingerprint density at radius 1 is 0.775 bits per heavy atom. The first kappa shape index (κ1) is 50.8. The Bertz CT molecular complexity index is 3010. The molecule has 18 heteroatoms. The third kappa shape index (κ3) is 12.0. The first-order chi connectivity index (χ1) is 33.8. The lowest BCUT2D eigenvalue weighted by atomic mass is 10.0. The zero-order valence-corrected chi connectivity index (χ0v) is 41.3. The number of likely N-dealkylation sites (N-methyl/N-ethyl adjacent to an activating group) is 1. The smallest absolute Gasteiger partial charge is 0.411 e. The number of carboxylic acids is 1. The van der Waals surface area contributed by atoms with E-state index in [1.54, 1.807) is 70.1 Å². The number of fused-ring (bicyclic) bond motifs is 2. The summed E-state index contributed by atoms with van der Waals surface area (Å²) in [4.78, 5) is 55.6. The third-order valence-corrected chi connectivity index (χ3v) is 11.5. The lowest BCUT2D eigenvalue weighted by Gasteiger charge is -2.31. The second-order valence-electron chi connectivity index (χ2n) is 18.8. The number of ether oxygens (including phenoxy) is 3.